The standard InChI is InChI=1S/C25H23NO3/c1-25-19-8-4-2-6-16(19)23(17-7-3-5-9-20(17)25)18-12-26(13-21(18)25)24(28)22-11-10-15(14-27)29-22/h2-11,18,21,23,27H,12-14H2,1H3. The molecule has 1 N–H and O–H groups in total. The van der Waals surface area contributed by atoms with Crippen LogP contribution in [0.3, 0.4) is 0 Å². The molecule has 0 saturated carbocycles. The number of amides is 1. The lowest BCUT2D eigenvalue weighted by Crippen LogP contribution is -2.50. The molecule has 7 rings (SSSR count). The van der Waals surface area contributed by atoms with Crippen LogP contribution in [0.4, 0.5) is 0 Å². The first-order chi connectivity index (χ1) is 14.1. The lowest BCUT2D eigenvalue weighted by Gasteiger charge is -2.54. The number of carbonyl (C=O) groups is 1. The average Bonchev–Trinajstić information content (AvgIpc) is 3.42. The van der Waals surface area contributed by atoms with Gasteiger partial charge in [0.25, 0.3) is 5.91 Å². The van der Waals surface area contributed by atoms with Crippen LogP contribution in [0, 0.1) is 11.8 Å². The predicted molar refractivity (Wildman–Crippen MR) is 109 cm³/mol. The van der Waals surface area contributed by atoms with Crippen molar-refractivity contribution in [3.8, 4) is 0 Å². The summed E-state index contributed by atoms with van der Waals surface area (Å²) in [6.07, 6.45) is 0. The second-order valence-corrected chi connectivity index (χ2v) is 8.76. The Bertz CT molecular complexity index is 1080. The number of furan rings is 1. The Labute approximate surface area is 169 Å². The molecule has 2 atom stereocenters. The summed E-state index contributed by atoms with van der Waals surface area (Å²) in [5, 5.41) is 9.26. The van der Waals surface area contributed by atoms with Gasteiger partial charge >= 0.3 is 0 Å². The van der Waals surface area contributed by atoms with Crippen LogP contribution < -0.4 is 0 Å². The number of rotatable bonds is 2. The summed E-state index contributed by atoms with van der Waals surface area (Å²) >= 11 is 0. The maximum atomic E-state index is 13.2. The first-order valence-electron chi connectivity index (χ1n) is 10.3. The van der Waals surface area contributed by atoms with E-state index in [1.807, 2.05) is 4.90 Å². The summed E-state index contributed by atoms with van der Waals surface area (Å²) in [4.78, 5) is 15.1. The fraction of sp³-hybridized carbons (Fsp3) is 0.320. The molecule has 1 aliphatic heterocycles. The number of nitrogens with zero attached hydrogens (tertiary/aromatic N) is 1. The van der Waals surface area contributed by atoms with E-state index in [0.29, 0.717) is 29.3 Å². The van der Waals surface area contributed by atoms with Crippen molar-refractivity contribution in [1.29, 1.82) is 0 Å². The molecule has 3 aliphatic carbocycles. The fourth-order valence-electron chi connectivity index (χ4n) is 6.33. The lowest BCUT2D eigenvalue weighted by atomic mass is 9.48. The lowest BCUT2D eigenvalue weighted by molar-refractivity contribution is 0.0745. The van der Waals surface area contributed by atoms with Gasteiger partial charge in [-0.3, -0.25) is 4.79 Å². The minimum atomic E-state index is -0.191. The van der Waals surface area contributed by atoms with Crippen molar-refractivity contribution >= 4 is 5.91 Å². The molecule has 2 aromatic carbocycles. The van der Waals surface area contributed by atoms with Gasteiger partial charge in [0.05, 0.1) is 0 Å². The molecule has 4 aliphatic rings. The van der Waals surface area contributed by atoms with Crippen molar-refractivity contribution in [2.75, 3.05) is 13.1 Å². The van der Waals surface area contributed by atoms with E-state index >= 15 is 0 Å². The highest BCUT2D eigenvalue weighted by atomic mass is 16.4. The fourth-order valence-corrected chi connectivity index (χ4v) is 6.33. The van der Waals surface area contributed by atoms with E-state index in [2.05, 4.69) is 55.5 Å². The summed E-state index contributed by atoms with van der Waals surface area (Å²) in [6.45, 7) is 3.64. The molecule has 1 saturated heterocycles. The van der Waals surface area contributed by atoms with Crippen molar-refractivity contribution in [3.05, 3.63) is 94.4 Å². The summed E-state index contributed by atoms with van der Waals surface area (Å²) in [6, 6.07) is 21.0. The van der Waals surface area contributed by atoms with Gasteiger partial charge in [0.15, 0.2) is 5.76 Å². The SMILES string of the molecule is CC12c3ccccc3C(c3ccccc31)C1CN(C(=O)c3ccc(CO)o3)CC12. The van der Waals surface area contributed by atoms with E-state index in [1.165, 1.54) is 22.3 Å². The third-order valence-corrected chi connectivity index (χ3v) is 7.56. The Hall–Kier alpha value is -2.85. The highest BCUT2D eigenvalue weighted by molar-refractivity contribution is 5.92. The molecule has 4 heteroatoms. The second kappa shape index (κ2) is 5.83. The number of hydrogen-bond acceptors (Lipinski definition) is 3. The zero-order valence-corrected chi connectivity index (χ0v) is 16.3. The molecule has 2 unspecified atom stereocenters. The first-order valence-corrected chi connectivity index (χ1v) is 10.3. The monoisotopic (exact) mass is 385 g/mol. The molecule has 2 bridgehead atoms. The topological polar surface area (TPSA) is 53.7 Å². The summed E-state index contributed by atoms with van der Waals surface area (Å²) < 4.78 is 5.54. The van der Waals surface area contributed by atoms with Crippen LogP contribution in [0.1, 0.15) is 51.4 Å². The normalized spacial score (nSPS) is 28.8. The molecule has 29 heavy (non-hydrogen) atoms. The van der Waals surface area contributed by atoms with E-state index < -0.39 is 0 Å². The molecule has 3 aromatic rings. The summed E-state index contributed by atoms with van der Waals surface area (Å²) in [7, 11) is 0. The van der Waals surface area contributed by atoms with Crippen molar-refractivity contribution < 1.29 is 14.3 Å². The van der Waals surface area contributed by atoms with Gasteiger partial charge < -0.3 is 14.4 Å². The Kier molecular flexibility index (Phi) is 3.43. The van der Waals surface area contributed by atoms with Crippen LogP contribution in [-0.2, 0) is 12.0 Å². The Morgan fingerprint density at radius 1 is 1.03 bits per heavy atom. The largest absolute Gasteiger partial charge is 0.453 e. The molecule has 4 nitrogen and oxygen atoms in total. The van der Waals surface area contributed by atoms with Crippen LogP contribution >= 0.6 is 0 Å². The first kappa shape index (κ1) is 17.0. The van der Waals surface area contributed by atoms with Crippen molar-refractivity contribution in [2.45, 2.75) is 24.9 Å². The second-order valence-electron chi connectivity index (χ2n) is 8.76. The molecule has 146 valence electrons. The van der Waals surface area contributed by atoms with Crippen LogP contribution in [-0.4, -0.2) is 29.0 Å². The maximum absolute atomic E-state index is 13.2. The van der Waals surface area contributed by atoms with Gasteiger partial charge in [0.1, 0.15) is 12.4 Å². The van der Waals surface area contributed by atoms with E-state index in [-0.39, 0.29) is 17.9 Å². The quantitative estimate of drug-likeness (QED) is 0.727. The zero-order valence-electron chi connectivity index (χ0n) is 16.3. The molecule has 0 spiro atoms. The predicted octanol–water partition coefficient (Wildman–Crippen LogP) is 3.93. The number of benzene rings is 2. The van der Waals surface area contributed by atoms with E-state index in [9.17, 15) is 9.90 Å². The van der Waals surface area contributed by atoms with E-state index in [0.717, 1.165) is 13.1 Å². The van der Waals surface area contributed by atoms with Gasteiger partial charge in [-0.05, 0) is 46.2 Å². The third-order valence-electron chi connectivity index (χ3n) is 7.56. The van der Waals surface area contributed by atoms with Gasteiger partial charge in [0.2, 0.25) is 0 Å². The molecule has 1 fully saturated rings. The van der Waals surface area contributed by atoms with Gasteiger partial charge in [-0.15, -0.1) is 0 Å². The van der Waals surface area contributed by atoms with E-state index in [1.54, 1.807) is 12.1 Å². The van der Waals surface area contributed by atoms with Gasteiger partial charge in [-0.2, -0.15) is 0 Å². The van der Waals surface area contributed by atoms with Crippen LogP contribution in [0.25, 0.3) is 0 Å². The number of hydrogen-bond donors (Lipinski definition) is 1. The number of aliphatic hydroxyl groups is 1. The molecule has 1 aromatic heterocycles. The number of carbonyl (C=O) groups excluding carboxylic acids is 1. The minimum Gasteiger partial charge on any atom is -0.453 e. The summed E-state index contributed by atoms with van der Waals surface area (Å²) in [5.74, 6) is 1.79. The zero-order chi connectivity index (χ0) is 19.8. The maximum Gasteiger partial charge on any atom is 0.289 e. The van der Waals surface area contributed by atoms with Crippen molar-refractivity contribution in [1.82, 2.24) is 4.90 Å². The Morgan fingerprint density at radius 3 is 2.31 bits per heavy atom. The smallest absolute Gasteiger partial charge is 0.289 e. The third kappa shape index (κ3) is 2.10. The minimum absolute atomic E-state index is 0.0739. The van der Waals surface area contributed by atoms with E-state index in [4.69, 9.17) is 4.42 Å². The molecule has 2 heterocycles. The number of aliphatic hydroxyl groups excluding tert-OH is 1. The average molecular weight is 385 g/mol. The molecular weight excluding hydrogens is 362 g/mol. The summed E-state index contributed by atoms with van der Waals surface area (Å²) in [5.41, 5.74) is 5.58. The molecule has 1 amide bonds. The Balaban J connectivity index is 1.44. The Morgan fingerprint density at radius 2 is 1.69 bits per heavy atom. The van der Waals surface area contributed by atoms with Gasteiger partial charge in [0, 0.05) is 24.4 Å². The van der Waals surface area contributed by atoms with Gasteiger partial charge in [-0.1, -0.05) is 55.5 Å². The van der Waals surface area contributed by atoms with Crippen LogP contribution in [0.2, 0.25) is 0 Å². The van der Waals surface area contributed by atoms with Gasteiger partial charge in [-0.25, -0.2) is 0 Å². The highest BCUT2D eigenvalue weighted by Gasteiger charge is 2.59. The number of likely N-dealkylation sites (tertiary alicyclic amines) is 1. The van der Waals surface area contributed by atoms with Crippen LogP contribution in [0.5, 0.6) is 0 Å². The highest BCUT2D eigenvalue weighted by Crippen LogP contribution is 2.63. The molecule has 0 radical (unpaired) electrons. The van der Waals surface area contributed by atoms with Crippen molar-refractivity contribution in [3.63, 3.8) is 0 Å². The van der Waals surface area contributed by atoms with Crippen LogP contribution in [0.15, 0.2) is 65.1 Å². The van der Waals surface area contributed by atoms with Crippen molar-refractivity contribution in [2.24, 2.45) is 11.8 Å². The molecular formula is C25H23NO3.